The zero-order valence-corrected chi connectivity index (χ0v) is 9.54. The van der Waals surface area contributed by atoms with Crippen LogP contribution in [-0.2, 0) is 11.3 Å². The summed E-state index contributed by atoms with van der Waals surface area (Å²) in [5.74, 6) is -1.08. The van der Waals surface area contributed by atoms with E-state index in [2.05, 4.69) is 0 Å². The van der Waals surface area contributed by atoms with Crippen LogP contribution in [0.3, 0.4) is 0 Å². The summed E-state index contributed by atoms with van der Waals surface area (Å²) in [5, 5.41) is 8.85. The zero-order valence-electron chi connectivity index (χ0n) is 9.54. The van der Waals surface area contributed by atoms with E-state index in [9.17, 15) is 9.59 Å². The molecular formula is C13H12N2O3. The lowest BCUT2D eigenvalue weighted by molar-refractivity contribution is -0.137. The maximum absolute atomic E-state index is 11.9. The molecule has 0 radical (unpaired) electrons. The number of aliphatic carboxylic acids is 1. The van der Waals surface area contributed by atoms with Crippen molar-refractivity contribution in [3.8, 4) is 11.3 Å². The van der Waals surface area contributed by atoms with Crippen molar-refractivity contribution in [3.05, 3.63) is 52.8 Å². The van der Waals surface area contributed by atoms with Gasteiger partial charge >= 0.3 is 5.97 Å². The van der Waals surface area contributed by atoms with Crippen LogP contribution in [0, 0.1) is 0 Å². The number of benzene rings is 1. The van der Waals surface area contributed by atoms with Crippen molar-refractivity contribution in [2.75, 3.05) is 5.73 Å². The first kappa shape index (κ1) is 11.9. The fourth-order valence-corrected chi connectivity index (χ4v) is 1.75. The molecule has 5 heteroatoms. The second-order valence-electron chi connectivity index (χ2n) is 3.82. The fraction of sp³-hybridized carbons (Fsp3) is 0.0769. The van der Waals surface area contributed by atoms with Crippen molar-refractivity contribution >= 4 is 11.7 Å². The predicted molar refractivity (Wildman–Crippen MR) is 68.2 cm³/mol. The molecule has 0 aliphatic rings. The first-order chi connectivity index (χ1) is 8.59. The maximum Gasteiger partial charge on any atom is 0.323 e. The average molecular weight is 244 g/mol. The molecule has 92 valence electrons. The molecule has 0 amide bonds. The van der Waals surface area contributed by atoms with Crippen molar-refractivity contribution in [1.29, 1.82) is 0 Å². The number of anilines is 1. The molecule has 1 heterocycles. The lowest BCUT2D eigenvalue weighted by Gasteiger charge is -2.11. The second kappa shape index (κ2) is 4.75. The summed E-state index contributed by atoms with van der Waals surface area (Å²) in [6, 6.07) is 12.2. The molecule has 2 aromatic rings. The van der Waals surface area contributed by atoms with Gasteiger partial charge in [-0.05, 0) is 17.7 Å². The molecule has 3 N–H and O–H groups in total. The number of carboxylic acid groups (broad SMARTS) is 1. The smallest absolute Gasteiger partial charge is 0.323 e. The van der Waals surface area contributed by atoms with Crippen LogP contribution in [0.15, 0.2) is 47.3 Å². The quantitative estimate of drug-likeness (QED) is 0.849. The number of nitrogen functional groups attached to an aromatic ring is 1. The van der Waals surface area contributed by atoms with Gasteiger partial charge in [-0.15, -0.1) is 0 Å². The Kier molecular flexibility index (Phi) is 3.14. The lowest BCUT2D eigenvalue weighted by atomic mass is 10.1. The Hall–Kier alpha value is -2.56. The van der Waals surface area contributed by atoms with E-state index < -0.39 is 18.1 Å². The van der Waals surface area contributed by atoms with Gasteiger partial charge in [0.1, 0.15) is 6.54 Å². The third kappa shape index (κ3) is 2.24. The van der Waals surface area contributed by atoms with Crippen LogP contribution >= 0.6 is 0 Å². The molecule has 0 atom stereocenters. The van der Waals surface area contributed by atoms with Gasteiger partial charge in [-0.3, -0.25) is 14.2 Å². The summed E-state index contributed by atoms with van der Waals surface area (Å²) in [6.07, 6.45) is 0. The molecule has 0 fully saturated rings. The van der Waals surface area contributed by atoms with Gasteiger partial charge in [0.25, 0.3) is 5.56 Å². The largest absolute Gasteiger partial charge is 0.480 e. The highest BCUT2D eigenvalue weighted by Gasteiger charge is 2.11. The average Bonchev–Trinajstić information content (AvgIpc) is 2.36. The molecule has 0 spiro atoms. The summed E-state index contributed by atoms with van der Waals surface area (Å²) in [6.45, 7) is -0.409. The molecule has 0 saturated carbocycles. The minimum Gasteiger partial charge on any atom is -0.480 e. The van der Waals surface area contributed by atoms with E-state index in [1.54, 1.807) is 6.07 Å². The summed E-state index contributed by atoms with van der Waals surface area (Å²) < 4.78 is 1.16. The third-order valence-corrected chi connectivity index (χ3v) is 2.57. The minimum atomic E-state index is -1.08. The standard InChI is InChI=1S/C13H12N2O3/c14-10-6-7-11(9-4-2-1-3-5-9)15(13(10)18)8-12(16)17/h1-7H,8,14H2,(H,16,17). The van der Waals surface area contributed by atoms with Gasteiger partial charge in [-0.25, -0.2) is 0 Å². The van der Waals surface area contributed by atoms with Crippen LogP contribution in [-0.4, -0.2) is 15.6 Å². The Balaban J connectivity index is 2.64. The molecule has 0 unspecified atom stereocenters. The normalized spacial score (nSPS) is 10.2. The van der Waals surface area contributed by atoms with Crippen molar-refractivity contribution < 1.29 is 9.90 Å². The van der Waals surface area contributed by atoms with E-state index in [4.69, 9.17) is 10.8 Å². The molecule has 18 heavy (non-hydrogen) atoms. The lowest BCUT2D eigenvalue weighted by Crippen LogP contribution is -2.27. The SMILES string of the molecule is Nc1ccc(-c2ccccc2)n(CC(=O)O)c1=O. The first-order valence-corrected chi connectivity index (χ1v) is 5.36. The zero-order chi connectivity index (χ0) is 13.1. The second-order valence-corrected chi connectivity index (χ2v) is 3.82. The van der Waals surface area contributed by atoms with Crippen LogP contribution in [0.4, 0.5) is 5.69 Å². The Labute approximate surface area is 103 Å². The van der Waals surface area contributed by atoms with Gasteiger partial charge in [-0.1, -0.05) is 30.3 Å². The number of aromatic nitrogens is 1. The number of hydrogen-bond acceptors (Lipinski definition) is 3. The Morgan fingerprint density at radius 2 is 1.83 bits per heavy atom. The van der Waals surface area contributed by atoms with E-state index in [-0.39, 0.29) is 5.69 Å². The summed E-state index contributed by atoms with van der Waals surface area (Å²) in [5.41, 5.74) is 6.38. The van der Waals surface area contributed by atoms with Crippen LogP contribution in [0.1, 0.15) is 0 Å². The van der Waals surface area contributed by atoms with Gasteiger partial charge in [0.2, 0.25) is 0 Å². The molecule has 1 aromatic heterocycles. The number of hydrogen-bond donors (Lipinski definition) is 2. The number of pyridine rings is 1. The van der Waals surface area contributed by atoms with E-state index in [1.165, 1.54) is 6.07 Å². The number of carboxylic acids is 1. The summed E-state index contributed by atoms with van der Waals surface area (Å²) in [7, 11) is 0. The highest BCUT2D eigenvalue weighted by Crippen LogP contribution is 2.18. The summed E-state index contributed by atoms with van der Waals surface area (Å²) >= 11 is 0. The highest BCUT2D eigenvalue weighted by atomic mass is 16.4. The number of rotatable bonds is 3. The van der Waals surface area contributed by atoms with E-state index in [0.29, 0.717) is 5.69 Å². The molecular weight excluding hydrogens is 232 g/mol. The van der Waals surface area contributed by atoms with Gasteiger partial charge in [0.15, 0.2) is 0 Å². The van der Waals surface area contributed by atoms with Crippen LogP contribution in [0.5, 0.6) is 0 Å². The van der Waals surface area contributed by atoms with Crippen molar-refractivity contribution in [3.63, 3.8) is 0 Å². The molecule has 5 nitrogen and oxygen atoms in total. The van der Waals surface area contributed by atoms with Crippen molar-refractivity contribution in [1.82, 2.24) is 4.57 Å². The molecule has 0 saturated heterocycles. The Morgan fingerprint density at radius 1 is 1.17 bits per heavy atom. The number of nitrogens with zero attached hydrogens (tertiary/aromatic N) is 1. The number of nitrogens with two attached hydrogens (primary N) is 1. The van der Waals surface area contributed by atoms with E-state index >= 15 is 0 Å². The molecule has 2 rings (SSSR count). The van der Waals surface area contributed by atoms with Gasteiger partial charge in [-0.2, -0.15) is 0 Å². The van der Waals surface area contributed by atoms with Crippen LogP contribution < -0.4 is 11.3 Å². The van der Waals surface area contributed by atoms with Crippen LogP contribution in [0.2, 0.25) is 0 Å². The topological polar surface area (TPSA) is 85.3 Å². The highest BCUT2D eigenvalue weighted by molar-refractivity contribution is 5.69. The Morgan fingerprint density at radius 3 is 2.44 bits per heavy atom. The molecule has 1 aromatic carbocycles. The maximum atomic E-state index is 11.9. The number of carbonyl (C=O) groups is 1. The van der Waals surface area contributed by atoms with Crippen molar-refractivity contribution in [2.24, 2.45) is 0 Å². The molecule has 0 aliphatic carbocycles. The fourth-order valence-electron chi connectivity index (χ4n) is 1.75. The first-order valence-electron chi connectivity index (χ1n) is 5.36. The van der Waals surface area contributed by atoms with Crippen molar-refractivity contribution in [2.45, 2.75) is 6.54 Å². The summed E-state index contributed by atoms with van der Waals surface area (Å²) in [4.78, 5) is 22.7. The van der Waals surface area contributed by atoms with Gasteiger partial charge < -0.3 is 10.8 Å². The van der Waals surface area contributed by atoms with E-state index in [1.807, 2.05) is 30.3 Å². The monoisotopic (exact) mass is 244 g/mol. The minimum absolute atomic E-state index is 0.0379. The predicted octanol–water partition coefficient (Wildman–Crippen LogP) is 1.18. The van der Waals surface area contributed by atoms with Crippen LogP contribution in [0.25, 0.3) is 11.3 Å². The van der Waals surface area contributed by atoms with Gasteiger partial charge in [0.05, 0.1) is 11.4 Å². The molecule has 0 aliphatic heterocycles. The van der Waals surface area contributed by atoms with E-state index in [0.717, 1.165) is 10.1 Å². The Bertz CT molecular complexity index is 632. The van der Waals surface area contributed by atoms with Gasteiger partial charge in [0, 0.05) is 0 Å². The third-order valence-electron chi connectivity index (χ3n) is 2.57. The molecule has 0 bridgehead atoms.